The fourth-order valence-corrected chi connectivity index (χ4v) is 3.97. The molecule has 2 aliphatic carbocycles. The van der Waals surface area contributed by atoms with E-state index in [2.05, 4.69) is 10.2 Å². The van der Waals surface area contributed by atoms with E-state index in [1.165, 1.54) is 25.0 Å². The molecule has 1 atom stereocenters. The first-order chi connectivity index (χ1) is 11.5. The molecule has 1 aromatic carbocycles. The first-order valence-corrected chi connectivity index (χ1v) is 9.18. The van der Waals surface area contributed by atoms with Gasteiger partial charge in [0.25, 0.3) is 0 Å². The first kappa shape index (κ1) is 16.4. The molecule has 3 fully saturated rings. The van der Waals surface area contributed by atoms with Gasteiger partial charge in [0.05, 0.1) is 5.56 Å². The maximum absolute atomic E-state index is 13.0. The highest BCUT2D eigenvalue weighted by Gasteiger charge is 2.37. The van der Waals surface area contributed by atoms with Crippen LogP contribution < -0.4 is 5.32 Å². The van der Waals surface area contributed by atoms with E-state index < -0.39 is 11.7 Å². The van der Waals surface area contributed by atoms with Gasteiger partial charge in [-0.1, -0.05) is 12.1 Å². The summed E-state index contributed by atoms with van der Waals surface area (Å²) in [4.78, 5) is 2.58. The SMILES string of the molecule is FC(F)(F)c1cccc([C@H](NC2CCN(C3CC3)CC2)C2CC2)c1. The lowest BCUT2D eigenvalue weighted by Crippen LogP contribution is -2.44. The van der Waals surface area contributed by atoms with Crippen LogP contribution in [0.4, 0.5) is 13.2 Å². The highest BCUT2D eigenvalue weighted by Crippen LogP contribution is 2.43. The molecule has 0 unspecified atom stereocenters. The molecule has 1 heterocycles. The minimum atomic E-state index is -4.26. The quantitative estimate of drug-likeness (QED) is 0.857. The molecule has 1 aromatic rings. The van der Waals surface area contributed by atoms with Crippen LogP contribution in [0.5, 0.6) is 0 Å². The highest BCUT2D eigenvalue weighted by atomic mass is 19.4. The number of rotatable bonds is 5. The van der Waals surface area contributed by atoms with Gasteiger partial charge in [-0.3, -0.25) is 0 Å². The van der Waals surface area contributed by atoms with E-state index in [1.54, 1.807) is 6.07 Å². The molecule has 0 amide bonds. The van der Waals surface area contributed by atoms with Crippen molar-refractivity contribution in [2.24, 2.45) is 5.92 Å². The summed E-state index contributed by atoms with van der Waals surface area (Å²) in [6, 6.07) is 7.23. The maximum Gasteiger partial charge on any atom is 0.416 e. The van der Waals surface area contributed by atoms with Crippen LogP contribution in [0.3, 0.4) is 0 Å². The number of halogens is 3. The Morgan fingerprint density at radius 1 is 1.00 bits per heavy atom. The molecule has 1 saturated heterocycles. The van der Waals surface area contributed by atoms with Crippen molar-refractivity contribution in [3.63, 3.8) is 0 Å². The number of hydrogen-bond acceptors (Lipinski definition) is 2. The van der Waals surface area contributed by atoms with E-state index in [1.807, 2.05) is 6.07 Å². The molecule has 0 aromatic heterocycles. The lowest BCUT2D eigenvalue weighted by atomic mass is 9.96. The van der Waals surface area contributed by atoms with Crippen molar-refractivity contribution < 1.29 is 13.2 Å². The summed E-state index contributed by atoms with van der Waals surface area (Å²) in [5.41, 5.74) is 0.271. The number of alkyl halides is 3. The van der Waals surface area contributed by atoms with Gasteiger partial charge in [-0.15, -0.1) is 0 Å². The van der Waals surface area contributed by atoms with E-state index in [4.69, 9.17) is 0 Å². The minimum absolute atomic E-state index is 0.0739. The number of likely N-dealkylation sites (tertiary alicyclic amines) is 1. The highest BCUT2D eigenvalue weighted by molar-refractivity contribution is 5.29. The largest absolute Gasteiger partial charge is 0.416 e. The molecule has 2 saturated carbocycles. The van der Waals surface area contributed by atoms with Crippen molar-refractivity contribution in [2.75, 3.05) is 13.1 Å². The lowest BCUT2D eigenvalue weighted by Gasteiger charge is -2.35. The van der Waals surface area contributed by atoms with Crippen molar-refractivity contribution in [1.82, 2.24) is 10.2 Å². The van der Waals surface area contributed by atoms with Crippen LogP contribution in [0.15, 0.2) is 24.3 Å². The Morgan fingerprint density at radius 2 is 1.71 bits per heavy atom. The summed E-state index contributed by atoms with van der Waals surface area (Å²) in [7, 11) is 0. The van der Waals surface area contributed by atoms with Gasteiger partial charge >= 0.3 is 6.18 Å². The van der Waals surface area contributed by atoms with E-state index >= 15 is 0 Å². The summed E-state index contributed by atoms with van der Waals surface area (Å²) >= 11 is 0. The Bertz CT molecular complexity index is 570. The number of nitrogens with zero attached hydrogens (tertiary/aromatic N) is 1. The molecule has 24 heavy (non-hydrogen) atoms. The van der Waals surface area contributed by atoms with E-state index in [9.17, 15) is 13.2 Å². The number of piperidine rings is 1. The van der Waals surface area contributed by atoms with E-state index in [0.29, 0.717) is 12.0 Å². The minimum Gasteiger partial charge on any atom is -0.307 e. The molecule has 5 heteroatoms. The third kappa shape index (κ3) is 3.77. The zero-order chi connectivity index (χ0) is 16.7. The zero-order valence-electron chi connectivity index (χ0n) is 13.9. The predicted molar refractivity (Wildman–Crippen MR) is 87.7 cm³/mol. The predicted octanol–water partition coefficient (Wildman–Crippen LogP) is 4.37. The van der Waals surface area contributed by atoms with E-state index in [-0.39, 0.29) is 6.04 Å². The topological polar surface area (TPSA) is 15.3 Å². The molecule has 1 aliphatic heterocycles. The summed E-state index contributed by atoms with van der Waals surface area (Å²) in [6.45, 7) is 2.25. The van der Waals surface area contributed by atoms with Crippen LogP contribution >= 0.6 is 0 Å². The lowest BCUT2D eigenvalue weighted by molar-refractivity contribution is -0.137. The second kappa shape index (κ2) is 6.34. The van der Waals surface area contributed by atoms with Crippen molar-refractivity contribution in [2.45, 2.75) is 62.8 Å². The molecular formula is C19H25F3N2. The van der Waals surface area contributed by atoms with Gasteiger partial charge in [-0.2, -0.15) is 13.2 Å². The van der Waals surface area contributed by atoms with Gasteiger partial charge in [-0.25, -0.2) is 0 Å². The van der Waals surface area contributed by atoms with Gasteiger partial charge < -0.3 is 10.2 Å². The molecule has 4 rings (SSSR count). The number of benzene rings is 1. The molecule has 1 N–H and O–H groups in total. The van der Waals surface area contributed by atoms with Crippen molar-refractivity contribution in [3.8, 4) is 0 Å². The van der Waals surface area contributed by atoms with Crippen LogP contribution in [-0.4, -0.2) is 30.1 Å². The monoisotopic (exact) mass is 338 g/mol. The molecule has 3 aliphatic rings. The Morgan fingerprint density at radius 3 is 2.29 bits per heavy atom. The smallest absolute Gasteiger partial charge is 0.307 e. The Kier molecular flexibility index (Phi) is 4.33. The summed E-state index contributed by atoms with van der Waals surface area (Å²) in [6.07, 6.45) is 2.88. The average Bonchev–Trinajstić information content (AvgIpc) is 3.46. The van der Waals surface area contributed by atoms with Crippen molar-refractivity contribution in [3.05, 3.63) is 35.4 Å². The average molecular weight is 338 g/mol. The summed E-state index contributed by atoms with van der Waals surface area (Å²) < 4.78 is 39.0. The van der Waals surface area contributed by atoms with Crippen LogP contribution in [-0.2, 0) is 6.18 Å². The van der Waals surface area contributed by atoms with E-state index in [0.717, 1.165) is 50.4 Å². The summed E-state index contributed by atoms with van der Waals surface area (Å²) in [5.74, 6) is 0.495. The molecule has 2 nitrogen and oxygen atoms in total. The van der Waals surface area contributed by atoms with Gasteiger partial charge in [-0.05, 0) is 75.2 Å². The summed E-state index contributed by atoms with van der Waals surface area (Å²) in [5, 5.41) is 3.70. The van der Waals surface area contributed by atoms with Gasteiger partial charge in [0.15, 0.2) is 0 Å². The molecule has 132 valence electrons. The van der Waals surface area contributed by atoms with Gasteiger partial charge in [0.2, 0.25) is 0 Å². The van der Waals surface area contributed by atoms with Gasteiger partial charge in [0, 0.05) is 18.1 Å². The Hall–Kier alpha value is -1.07. The second-order valence-electron chi connectivity index (χ2n) is 7.65. The standard InChI is InChI=1S/C19H25F3N2/c20-19(21,22)15-3-1-2-14(12-15)18(13-4-5-13)23-16-8-10-24(11-9-16)17-6-7-17/h1-3,12-13,16-18,23H,4-11H2/t18-/m1/s1. The fraction of sp³-hybridized carbons (Fsp3) is 0.684. The van der Waals surface area contributed by atoms with Crippen molar-refractivity contribution >= 4 is 0 Å². The first-order valence-electron chi connectivity index (χ1n) is 9.18. The third-order valence-corrected chi connectivity index (χ3v) is 5.67. The van der Waals surface area contributed by atoms with Crippen molar-refractivity contribution in [1.29, 1.82) is 0 Å². The van der Waals surface area contributed by atoms with Crippen LogP contribution in [0.25, 0.3) is 0 Å². The molecule has 0 radical (unpaired) electrons. The maximum atomic E-state index is 13.0. The van der Waals surface area contributed by atoms with Crippen LogP contribution in [0, 0.1) is 5.92 Å². The Labute approximate surface area is 141 Å². The number of hydrogen-bond donors (Lipinski definition) is 1. The molecule has 0 bridgehead atoms. The van der Waals surface area contributed by atoms with Gasteiger partial charge in [0.1, 0.15) is 0 Å². The zero-order valence-corrected chi connectivity index (χ0v) is 13.9. The fourth-order valence-electron chi connectivity index (χ4n) is 3.97. The van der Waals surface area contributed by atoms with Crippen LogP contribution in [0.1, 0.15) is 55.7 Å². The van der Waals surface area contributed by atoms with Crippen LogP contribution in [0.2, 0.25) is 0 Å². The second-order valence-corrected chi connectivity index (χ2v) is 7.65. The Balaban J connectivity index is 1.43. The third-order valence-electron chi connectivity index (χ3n) is 5.67. The molecule has 0 spiro atoms. The molecular weight excluding hydrogens is 313 g/mol. The normalized spacial score (nSPS) is 25.0. The number of nitrogens with one attached hydrogen (secondary N) is 1.